The number of fused-ring (bicyclic) bond motifs is 5. The number of aliphatic carboxylic acids is 2. The van der Waals surface area contributed by atoms with Gasteiger partial charge in [0.2, 0.25) is 0 Å². The van der Waals surface area contributed by atoms with Crippen LogP contribution < -0.4 is 0 Å². The van der Waals surface area contributed by atoms with Crippen molar-refractivity contribution in [2.75, 3.05) is 0 Å². The van der Waals surface area contributed by atoms with Crippen molar-refractivity contribution in [1.29, 1.82) is 0 Å². The molecule has 3 aliphatic carbocycles. The van der Waals surface area contributed by atoms with E-state index in [1.807, 2.05) is 0 Å². The molecule has 0 radical (unpaired) electrons. The summed E-state index contributed by atoms with van der Waals surface area (Å²) in [7, 11) is 0. The lowest BCUT2D eigenvalue weighted by molar-refractivity contribution is -0.146. The highest BCUT2D eigenvalue weighted by molar-refractivity contribution is 5.84. The molecule has 0 saturated carbocycles. The molecule has 0 aromatic rings. The fourth-order valence-corrected chi connectivity index (χ4v) is 2.73. The summed E-state index contributed by atoms with van der Waals surface area (Å²) in [6.45, 7) is 0. The lowest BCUT2D eigenvalue weighted by Gasteiger charge is -2.33. The first-order chi connectivity index (χ1) is 8.51. The molecule has 0 spiro atoms. The highest BCUT2D eigenvalue weighted by Gasteiger charge is 2.42. The van der Waals surface area contributed by atoms with Crippen LogP contribution in [0.25, 0.3) is 0 Å². The molecule has 0 aromatic carbocycles. The van der Waals surface area contributed by atoms with E-state index in [0.717, 1.165) is 25.7 Å². The van der Waals surface area contributed by atoms with E-state index < -0.39 is 22.8 Å². The first kappa shape index (κ1) is 12.9. The van der Waals surface area contributed by atoms with Crippen LogP contribution in [0.4, 0.5) is 0 Å². The van der Waals surface area contributed by atoms with Crippen molar-refractivity contribution in [3.8, 4) is 0 Å². The van der Waals surface area contributed by atoms with Crippen molar-refractivity contribution >= 4 is 11.9 Å². The van der Waals surface area contributed by atoms with E-state index in [1.165, 1.54) is 0 Å². The van der Waals surface area contributed by atoms with Crippen LogP contribution in [0, 0.1) is 10.8 Å². The summed E-state index contributed by atoms with van der Waals surface area (Å²) in [5.41, 5.74) is -2.01. The predicted molar refractivity (Wildman–Crippen MR) is 66.1 cm³/mol. The van der Waals surface area contributed by atoms with Crippen LogP contribution in [0.2, 0.25) is 0 Å². The highest BCUT2D eigenvalue weighted by Crippen LogP contribution is 2.41. The first-order valence-electron chi connectivity index (χ1n) is 6.38. The molecule has 0 aliphatic heterocycles. The van der Waals surface area contributed by atoms with Crippen molar-refractivity contribution in [1.82, 2.24) is 0 Å². The zero-order valence-electron chi connectivity index (χ0n) is 10.3. The fraction of sp³-hybridized carbons (Fsp3) is 0.571. The monoisotopic (exact) mass is 250 g/mol. The molecule has 3 rings (SSSR count). The average molecular weight is 250 g/mol. The molecule has 2 N–H and O–H groups in total. The van der Waals surface area contributed by atoms with Crippen LogP contribution in [0.1, 0.15) is 38.5 Å². The van der Waals surface area contributed by atoms with Gasteiger partial charge in [0, 0.05) is 0 Å². The van der Waals surface area contributed by atoms with Gasteiger partial charge in [0.15, 0.2) is 0 Å². The molecule has 98 valence electrons. The Labute approximate surface area is 106 Å². The Balaban J connectivity index is 2.39. The number of hydrogen-bond donors (Lipinski definition) is 2. The van der Waals surface area contributed by atoms with Gasteiger partial charge in [0.05, 0.1) is 0 Å². The third-order valence-corrected chi connectivity index (χ3v) is 4.08. The average Bonchev–Trinajstić information content (AvgIpc) is 2.36. The van der Waals surface area contributed by atoms with Crippen LogP contribution in [0.5, 0.6) is 0 Å². The molecular weight excluding hydrogens is 232 g/mol. The second-order valence-corrected chi connectivity index (χ2v) is 5.27. The molecule has 2 bridgehead atoms. The second kappa shape index (κ2) is 4.59. The van der Waals surface area contributed by atoms with Gasteiger partial charge in [0.1, 0.15) is 10.8 Å². The summed E-state index contributed by atoms with van der Waals surface area (Å²) in [4.78, 5) is 22.8. The number of carboxylic acid groups (broad SMARTS) is 2. The molecule has 0 aromatic heterocycles. The van der Waals surface area contributed by atoms with Gasteiger partial charge in [-0.25, -0.2) is 0 Å². The van der Waals surface area contributed by atoms with Crippen molar-refractivity contribution in [2.24, 2.45) is 10.8 Å². The van der Waals surface area contributed by atoms with Crippen molar-refractivity contribution < 1.29 is 19.8 Å². The third-order valence-electron chi connectivity index (χ3n) is 4.08. The van der Waals surface area contributed by atoms with E-state index in [-0.39, 0.29) is 0 Å². The predicted octanol–water partition coefficient (Wildman–Crippen LogP) is 2.61. The van der Waals surface area contributed by atoms with Crippen LogP contribution >= 0.6 is 0 Å². The standard InChI is InChI=1S/C14H18O4/c15-11(16)13-5-3-1-2-4-6-14(9-7-13,10-8-13)12(17)18/h7-10H,1-6H2,(H,15,16)(H,17,18). The van der Waals surface area contributed by atoms with Crippen LogP contribution in [0.3, 0.4) is 0 Å². The summed E-state index contributed by atoms with van der Waals surface area (Å²) in [5.74, 6) is -1.79. The van der Waals surface area contributed by atoms with Crippen LogP contribution in [0.15, 0.2) is 24.3 Å². The number of carbonyl (C=O) groups is 2. The Hall–Kier alpha value is -1.58. The summed E-state index contributed by atoms with van der Waals surface area (Å²) in [6.07, 6.45) is 11.1. The normalized spacial score (nSPS) is 35.3. The molecule has 0 heterocycles. The zero-order valence-corrected chi connectivity index (χ0v) is 10.3. The highest BCUT2D eigenvalue weighted by atomic mass is 16.4. The van der Waals surface area contributed by atoms with Crippen LogP contribution in [-0.2, 0) is 9.59 Å². The van der Waals surface area contributed by atoms with E-state index in [4.69, 9.17) is 0 Å². The summed E-state index contributed by atoms with van der Waals surface area (Å²) in [5, 5.41) is 18.7. The van der Waals surface area contributed by atoms with E-state index in [1.54, 1.807) is 24.3 Å². The van der Waals surface area contributed by atoms with Gasteiger partial charge in [-0.1, -0.05) is 50.0 Å². The fourth-order valence-electron chi connectivity index (χ4n) is 2.73. The Morgan fingerprint density at radius 2 is 1.06 bits per heavy atom. The van der Waals surface area contributed by atoms with E-state index in [2.05, 4.69) is 0 Å². The van der Waals surface area contributed by atoms with Gasteiger partial charge in [0.25, 0.3) is 0 Å². The Morgan fingerprint density at radius 3 is 1.33 bits per heavy atom. The summed E-state index contributed by atoms with van der Waals surface area (Å²) in [6, 6.07) is 0. The molecule has 0 atom stereocenters. The Kier molecular flexibility index (Phi) is 3.28. The van der Waals surface area contributed by atoms with Crippen molar-refractivity contribution in [3.63, 3.8) is 0 Å². The van der Waals surface area contributed by atoms with E-state index >= 15 is 0 Å². The van der Waals surface area contributed by atoms with Gasteiger partial charge in [-0.3, -0.25) is 9.59 Å². The first-order valence-corrected chi connectivity index (χ1v) is 6.38. The van der Waals surface area contributed by atoms with Gasteiger partial charge in [-0.05, 0) is 12.8 Å². The van der Waals surface area contributed by atoms with Crippen LogP contribution in [-0.4, -0.2) is 22.2 Å². The minimum absolute atomic E-state index is 0.547. The minimum Gasteiger partial charge on any atom is -0.480 e. The molecule has 0 saturated heterocycles. The molecule has 0 unspecified atom stereocenters. The van der Waals surface area contributed by atoms with Crippen molar-refractivity contribution in [3.05, 3.63) is 24.3 Å². The molecule has 18 heavy (non-hydrogen) atoms. The lowest BCUT2D eigenvalue weighted by Crippen LogP contribution is -2.35. The number of carboxylic acids is 2. The lowest BCUT2D eigenvalue weighted by atomic mass is 9.69. The molecule has 4 nitrogen and oxygen atoms in total. The zero-order chi connectivity index (χ0) is 13.2. The molecule has 0 fully saturated rings. The van der Waals surface area contributed by atoms with Gasteiger partial charge in [-0.2, -0.15) is 0 Å². The third kappa shape index (κ3) is 2.07. The quantitative estimate of drug-likeness (QED) is 0.739. The SMILES string of the molecule is O=C(O)C12C=CC(C(=O)O)(C=C1)CCCCCC2. The van der Waals surface area contributed by atoms with Gasteiger partial charge >= 0.3 is 11.9 Å². The largest absolute Gasteiger partial charge is 0.480 e. The number of hydrogen-bond acceptors (Lipinski definition) is 2. The number of rotatable bonds is 2. The Morgan fingerprint density at radius 1 is 0.722 bits per heavy atom. The van der Waals surface area contributed by atoms with Crippen molar-refractivity contribution in [2.45, 2.75) is 38.5 Å². The maximum Gasteiger partial charge on any atom is 0.317 e. The minimum atomic E-state index is -1.00. The smallest absolute Gasteiger partial charge is 0.317 e. The van der Waals surface area contributed by atoms with Gasteiger partial charge in [-0.15, -0.1) is 0 Å². The molecular formula is C14H18O4. The second-order valence-electron chi connectivity index (χ2n) is 5.27. The maximum absolute atomic E-state index is 11.4. The van der Waals surface area contributed by atoms with E-state index in [0.29, 0.717) is 12.8 Å². The maximum atomic E-state index is 11.4. The van der Waals surface area contributed by atoms with Gasteiger partial charge < -0.3 is 10.2 Å². The summed E-state index contributed by atoms with van der Waals surface area (Å²) >= 11 is 0. The summed E-state index contributed by atoms with van der Waals surface area (Å²) < 4.78 is 0. The van der Waals surface area contributed by atoms with E-state index in [9.17, 15) is 19.8 Å². The molecule has 3 aliphatic rings. The molecule has 0 amide bonds. The molecule has 4 heteroatoms. The Bertz CT molecular complexity index is 368. The topological polar surface area (TPSA) is 74.6 Å².